The Bertz CT molecular complexity index is 9.65. The summed E-state index contributed by atoms with van der Waals surface area (Å²) in [7, 11) is 0.628. The Balaban J connectivity index is -0.0000000105. The Morgan fingerprint density at radius 1 is 1.00 bits per heavy atom. The molecular weight excluding hydrogens is 622 g/mol. The molecule has 0 unspecified atom stereocenters. The van der Waals surface area contributed by atoms with Crippen molar-refractivity contribution in [1.29, 1.82) is 0 Å². The van der Waals surface area contributed by atoms with E-state index in [-0.39, 0.29) is 26.0 Å². The summed E-state index contributed by atoms with van der Waals surface area (Å²) in [6.07, 6.45) is 0. The Morgan fingerprint density at radius 3 is 1.00 bits per heavy atom. The first-order valence-electron chi connectivity index (χ1n) is 0.481. The predicted molar refractivity (Wildman–Crippen MR) is 62.8 cm³/mol. The maximum absolute atomic E-state index is 2.37. The molecule has 0 heterocycles. The summed E-state index contributed by atoms with van der Waals surface area (Å²) in [6.45, 7) is 0. The van der Waals surface area contributed by atoms with Crippen LogP contribution >= 0.6 is 77.2 Å². The monoisotopic (exact) mass is 626 g/mol. The second-order valence-electron chi connectivity index (χ2n) is 0.0639. The average molecular weight is 626 g/mol. The van der Waals surface area contributed by atoms with Gasteiger partial charge in [0.2, 0.25) is 0 Å². The zero-order valence-electron chi connectivity index (χ0n) is 2.41. The van der Waals surface area contributed by atoms with Crippen molar-refractivity contribution in [2.24, 2.45) is 0 Å². The molecule has 1 radical (unpaired) electrons. The van der Waals surface area contributed by atoms with Gasteiger partial charge in [-0.25, -0.2) is 0 Å². The molecule has 0 aliphatic heterocycles. The molecule has 0 spiro atoms. The van der Waals surface area contributed by atoms with Crippen LogP contribution in [-0.2, 0) is 28.0 Å². The Labute approximate surface area is 110 Å². The summed E-state index contributed by atoms with van der Waals surface area (Å²) in [6, 6.07) is 0. The fourth-order valence-corrected chi connectivity index (χ4v) is 0. The first kappa shape index (κ1) is 22.5. The molecule has 7 heavy (non-hydrogen) atoms. The van der Waals surface area contributed by atoms with Crippen molar-refractivity contribution in [2.75, 3.05) is 0 Å². The molecule has 0 atom stereocenters. The first-order chi connectivity index (χ1) is 2.41. The van der Waals surface area contributed by atoms with E-state index in [9.17, 15) is 0 Å². The predicted octanol–water partition coefficient (Wildman–Crippen LogP) is 4.17. The van der Waals surface area contributed by atoms with Gasteiger partial charge in [-0.1, -0.05) is 7.43 Å². The minimum atomic E-state index is 0. The van der Waals surface area contributed by atoms with E-state index >= 15 is 0 Å². The molecule has 0 nitrogen and oxygen atoms in total. The van der Waals surface area contributed by atoms with Crippen LogP contribution in [0.2, 0.25) is 0 Å². The smallest absolute Gasteiger partial charge is 0 e. The van der Waals surface area contributed by atoms with Gasteiger partial charge in [-0.15, -0.1) is 0 Å². The maximum Gasteiger partial charge on any atom is 0 e. The Hall–Kier alpha value is 4.09. The van der Waals surface area contributed by atoms with Gasteiger partial charge in [-0.2, -0.15) is 0 Å². The van der Waals surface area contributed by atoms with Crippen LogP contribution in [0.25, 0.3) is 0 Å². The fourth-order valence-electron chi connectivity index (χ4n) is 0. The van der Waals surface area contributed by atoms with Crippen LogP contribution in [0.15, 0.2) is 0 Å². The van der Waals surface area contributed by atoms with E-state index in [0.717, 1.165) is 0 Å². The standard InChI is InChI=1S/CH4.I2.2HI.2V/c;1-2;;;;/h1H4;;2*1H;;/q;;;;;+2/p-2. The third-order valence-electron chi connectivity index (χ3n) is 0. The Kier molecular flexibility index (Phi) is 103. The minimum Gasteiger partial charge on any atom is 0 e. The summed E-state index contributed by atoms with van der Waals surface area (Å²) in [5, 5.41) is 0. The molecule has 0 bridgehead atoms. The van der Waals surface area contributed by atoms with Crippen LogP contribution in [0.5, 0.6) is 0 Å². The number of halogens is 4. The van der Waals surface area contributed by atoms with Crippen LogP contribution < -0.4 is 0 Å². The van der Waals surface area contributed by atoms with Gasteiger partial charge in [0.05, 0.1) is 0 Å². The molecule has 0 aliphatic rings. The molecule has 0 saturated heterocycles. The van der Waals surface area contributed by atoms with Crippen molar-refractivity contribution in [2.45, 2.75) is 7.43 Å². The summed E-state index contributed by atoms with van der Waals surface area (Å²) in [5.74, 6) is 0. The average Bonchev–Trinajstić information content (AvgIpc) is 1.46. The van der Waals surface area contributed by atoms with E-state index in [0.29, 0.717) is 9.47 Å². The molecule has 0 aromatic heterocycles. The van der Waals surface area contributed by atoms with Crippen molar-refractivity contribution in [1.82, 2.24) is 0 Å². The van der Waals surface area contributed by atoms with E-state index in [4.69, 9.17) is 0 Å². The molecule has 0 aromatic rings. The fraction of sp³-hybridized carbons (Fsp3) is 1.00. The normalized spacial score (nSPS) is 2.86. The topological polar surface area (TPSA) is 0 Å². The van der Waals surface area contributed by atoms with Gasteiger partial charge >= 0.3 is 49.4 Å². The van der Waals surface area contributed by atoms with Crippen molar-refractivity contribution in [3.05, 3.63) is 0 Å². The van der Waals surface area contributed by atoms with E-state index in [1.54, 1.807) is 0 Å². The van der Waals surface area contributed by atoms with Gasteiger partial charge in [-0.05, 0) is 0 Å². The van der Waals surface area contributed by atoms with Crippen molar-refractivity contribution in [3.63, 3.8) is 0 Å². The molecule has 0 rings (SSSR count). The molecule has 46 valence electrons. The Morgan fingerprint density at radius 2 is 1.00 bits per heavy atom. The van der Waals surface area contributed by atoms with Gasteiger partial charge in [0.25, 0.3) is 0 Å². The summed E-state index contributed by atoms with van der Waals surface area (Å²) in [5.41, 5.74) is 0. The number of hydrogen-bond acceptors (Lipinski definition) is 0. The largest absolute Gasteiger partial charge is 0 e. The van der Waals surface area contributed by atoms with Crippen LogP contribution in [0, 0.1) is 0 Å². The van der Waals surface area contributed by atoms with Gasteiger partial charge in [0.15, 0.2) is 0 Å². The summed E-state index contributed by atoms with van der Waals surface area (Å²) >= 11 is 8.98. The second-order valence-corrected chi connectivity index (χ2v) is 11.9. The van der Waals surface area contributed by atoms with Crippen LogP contribution in [-0.4, -0.2) is 0 Å². The molecule has 0 N–H and O–H groups in total. The minimum absolute atomic E-state index is 0. The van der Waals surface area contributed by atoms with Crippen molar-refractivity contribution >= 4 is 77.2 Å². The van der Waals surface area contributed by atoms with Crippen molar-refractivity contribution in [3.8, 4) is 0 Å². The van der Waals surface area contributed by atoms with E-state index in [1.807, 2.05) is 0 Å². The second kappa shape index (κ2) is 32.2. The SMILES string of the molecule is C.II.[I][V][I].[V]. The van der Waals surface area contributed by atoms with Crippen molar-refractivity contribution < 1.29 is 28.0 Å². The molecule has 0 aliphatic carbocycles. The summed E-state index contributed by atoms with van der Waals surface area (Å²) < 4.78 is 0. The zero-order valence-corrected chi connectivity index (χ0v) is 13.8. The molecule has 0 aromatic carbocycles. The van der Waals surface area contributed by atoms with Gasteiger partial charge < -0.3 is 0 Å². The third-order valence-corrected chi connectivity index (χ3v) is 0. The van der Waals surface area contributed by atoms with Crippen LogP contribution in [0.1, 0.15) is 7.43 Å². The van der Waals surface area contributed by atoms with Gasteiger partial charge in [0, 0.05) is 55.8 Å². The molecule has 6 heteroatoms. The van der Waals surface area contributed by atoms with Gasteiger partial charge in [0.1, 0.15) is 0 Å². The zero-order chi connectivity index (χ0) is 4.71. The number of hydrogen-bond donors (Lipinski definition) is 0. The molecule has 0 fully saturated rings. The quantitative estimate of drug-likeness (QED) is 0.355. The molecule has 0 amide bonds. The molecular formula is CH4I4V2. The third kappa shape index (κ3) is 39.5. The van der Waals surface area contributed by atoms with Crippen LogP contribution in [0.3, 0.4) is 0 Å². The maximum atomic E-state index is 2.37. The number of rotatable bonds is 0. The molecule has 0 saturated carbocycles. The van der Waals surface area contributed by atoms with E-state index < -0.39 is 0 Å². The van der Waals surface area contributed by atoms with E-state index in [2.05, 4.69) is 77.2 Å². The van der Waals surface area contributed by atoms with E-state index in [1.165, 1.54) is 0 Å². The first-order valence-corrected chi connectivity index (χ1v) is 15.8. The van der Waals surface area contributed by atoms with Crippen LogP contribution in [0.4, 0.5) is 0 Å². The summed E-state index contributed by atoms with van der Waals surface area (Å²) in [4.78, 5) is 0. The van der Waals surface area contributed by atoms with Gasteiger partial charge in [-0.3, -0.25) is 0 Å².